The van der Waals surface area contributed by atoms with Gasteiger partial charge < -0.3 is 41.2 Å². The lowest BCUT2D eigenvalue weighted by Crippen LogP contribution is -2.61. The van der Waals surface area contributed by atoms with Crippen LogP contribution in [0.1, 0.15) is 40.4 Å². The van der Waals surface area contributed by atoms with Crippen molar-refractivity contribution in [3.8, 4) is 11.5 Å². The molecule has 0 bridgehead atoms. The SMILES string of the molecule is NC1(CN2CCN(C(=O)NC(C(=O)NC3Cc4cccc(C(=O)O)c4OB3O)c3ccc(O)c(F)c3F)C(=O)C2=O)CC1. The standard InChI is InChI=1S/C26H26BF2N5O9/c28-17-13(4-5-15(35)18(17)29)19(32-25(41)34-9-8-33(22(37)23(34)38)11-26(30)6-7-26)21(36)31-16-10-12-2-1-3-14(24(39)40)20(12)43-27(16)42/h1-5,16,19,35,42H,6-11,30H2,(H,31,36)(H,32,41)(H,39,40). The van der Waals surface area contributed by atoms with Crippen LogP contribution in [-0.2, 0) is 20.8 Å². The second kappa shape index (κ2) is 11.1. The normalized spacial score (nSPS) is 19.7. The molecule has 14 nitrogen and oxygen atoms in total. The summed E-state index contributed by atoms with van der Waals surface area (Å²) in [5.41, 5.74) is 4.79. The van der Waals surface area contributed by atoms with Crippen molar-refractivity contribution in [1.29, 1.82) is 0 Å². The van der Waals surface area contributed by atoms with Gasteiger partial charge in [0.25, 0.3) is 0 Å². The largest absolute Gasteiger partial charge is 0.547 e. The molecule has 2 aromatic carbocycles. The highest BCUT2D eigenvalue weighted by atomic mass is 19.2. The fraction of sp³-hybridized carbons (Fsp3) is 0.346. The Bertz CT molecular complexity index is 1540. The molecule has 1 saturated heterocycles. The summed E-state index contributed by atoms with van der Waals surface area (Å²) >= 11 is 0. The number of benzene rings is 2. The van der Waals surface area contributed by atoms with E-state index in [-0.39, 0.29) is 37.4 Å². The first-order valence-electron chi connectivity index (χ1n) is 13.2. The van der Waals surface area contributed by atoms with Crippen molar-refractivity contribution in [3.05, 3.63) is 58.7 Å². The van der Waals surface area contributed by atoms with Gasteiger partial charge in [-0.25, -0.2) is 14.0 Å². The number of nitrogens with zero attached hydrogens (tertiary/aromatic N) is 2. The summed E-state index contributed by atoms with van der Waals surface area (Å²) in [6.07, 6.45) is 1.20. The Balaban J connectivity index is 1.37. The number of hydrogen-bond acceptors (Lipinski definition) is 9. The predicted octanol–water partition coefficient (Wildman–Crippen LogP) is -0.579. The van der Waals surface area contributed by atoms with Gasteiger partial charge in [0.2, 0.25) is 11.7 Å². The van der Waals surface area contributed by atoms with Crippen LogP contribution in [0.4, 0.5) is 13.6 Å². The summed E-state index contributed by atoms with van der Waals surface area (Å²) in [6.45, 7) is -0.191. The molecule has 2 unspecified atom stereocenters. The van der Waals surface area contributed by atoms with Crippen LogP contribution in [0.25, 0.3) is 0 Å². The van der Waals surface area contributed by atoms with E-state index in [1.807, 2.05) is 0 Å². The van der Waals surface area contributed by atoms with Crippen molar-refractivity contribution in [3.63, 3.8) is 0 Å². The molecule has 226 valence electrons. The second-order valence-electron chi connectivity index (χ2n) is 10.7. The average molecular weight is 601 g/mol. The number of aromatic carboxylic acids is 1. The van der Waals surface area contributed by atoms with E-state index in [0.717, 1.165) is 12.1 Å². The van der Waals surface area contributed by atoms with Gasteiger partial charge in [0.05, 0.1) is 11.5 Å². The van der Waals surface area contributed by atoms with Gasteiger partial charge in [-0.3, -0.25) is 19.3 Å². The molecule has 0 radical (unpaired) electrons. The van der Waals surface area contributed by atoms with E-state index in [1.54, 1.807) is 0 Å². The first-order chi connectivity index (χ1) is 20.3. The molecular formula is C26H26BF2N5O9. The highest BCUT2D eigenvalue weighted by Crippen LogP contribution is 2.34. The van der Waals surface area contributed by atoms with Crippen LogP contribution >= 0.6 is 0 Å². The summed E-state index contributed by atoms with van der Waals surface area (Å²) < 4.78 is 34.6. The lowest BCUT2D eigenvalue weighted by atomic mass is 9.72. The molecule has 43 heavy (non-hydrogen) atoms. The van der Waals surface area contributed by atoms with Crippen molar-refractivity contribution in [2.45, 2.75) is 36.8 Å². The van der Waals surface area contributed by atoms with Gasteiger partial charge >= 0.3 is 30.9 Å². The minimum Gasteiger partial charge on any atom is -0.534 e. The highest BCUT2D eigenvalue weighted by Gasteiger charge is 2.45. The number of amides is 5. The number of carboxylic acid groups (broad SMARTS) is 1. The van der Waals surface area contributed by atoms with Gasteiger partial charge in [-0.2, -0.15) is 4.39 Å². The Morgan fingerprint density at radius 2 is 1.84 bits per heavy atom. The maximum atomic E-state index is 14.9. The molecule has 2 heterocycles. The number of carboxylic acids is 1. The zero-order valence-electron chi connectivity index (χ0n) is 22.4. The van der Waals surface area contributed by atoms with Crippen LogP contribution in [0.3, 0.4) is 0 Å². The summed E-state index contributed by atoms with van der Waals surface area (Å²) in [5, 5.41) is 34.0. The molecule has 2 aliphatic heterocycles. The highest BCUT2D eigenvalue weighted by molar-refractivity contribution is 6.47. The van der Waals surface area contributed by atoms with Gasteiger partial charge in [-0.15, -0.1) is 0 Å². The van der Waals surface area contributed by atoms with E-state index >= 15 is 0 Å². The van der Waals surface area contributed by atoms with Gasteiger partial charge in [-0.1, -0.05) is 12.1 Å². The fourth-order valence-corrected chi connectivity index (χ4v) is 4.96. The van der Waals surface area contributed by atoms with Crippen LogP contribution in [0.5, 0.6) is 11.5 Å². The first-order valence-corrected chi connectivity index (χ1v) is 13.2. The number of hydrogen-bond donors (Lipinski definition) is 6. The second-order valence-corrected chi connectivity index (χ2v) is 10.7. The third kappa shape index (κ3) is 5.81. The Morgan fingerprint density at radius 3 is 2.51 bits per heavy atom. The number of rotatable bonds is 7. The molecule has 1 saturated carbocycles. The fourth-order valence-electron chi connectivity index (χ4n) is 4.96. The van der Waals surface area contributed by atoms with E-state index in [0.29, 0.717) is 23.3 Å². The van der Waals surface area contributed by atoms with Gasteiger partial charge in [-0.05, 0) is 43.0 Å². The van der Waals surface area contributed by atoms with E-state index in [9.17, 15) is 48.0 Å². The zero-order valence-corrected chi connectivity index (χ0v) is 22.4. The monoisotopic (exact) mass is 601 g/mol. The van der Waals surface area contributed by atoms with Crippen LogP contribution in [0.2, 0.25) is 0 Å². The Labute approximate surface area is 242 Å². The Hall–Kier alpha value is -4.77. The molecule has 3 aliphatic rings. The van der Waals surface area contributed by atoms with Crippen LogP contribution in [0, 0.1) is 11.6 Å². The lowest BCUT2D eigenvalue weighted by molar-refractivity contribution is -0.154. The minimum absolute atomic E-state index is 0.0423. The number of para-hydroxylation sites is 1. The number of nitrogens with two attached hydrogens (primary N) is 1. The lowest BCUT2D eigenvalue weighted by Gasteiger charge is -2.35. The maximum absolute atomic E-state index is 14.9. The van der Waals surface area contributed by atoms with Gasteiger partial charge in [0.15, 0.2) is 11.6 Å². The summed E-state index contributed by atoms with van der Waals surface area (Å²) in [7, 11) is -1.78. The number of aromatic hydroxyl groups is 1. The molecule has 2 aromatic rings. The molecule has 0 spiro atoms. The summed E-state index contributed by atoms with van der Waals surface area (Å²) in [4.78, 5) is 65.3. The van der Waals surface area contributed by atoms with Gasteiger partial charge in [0, 0.05) is 30.7 Å². The molecule has 17 heteroatoms. The quantitative estimate of drug-likeness (QED) is 0.176. The predicted molar refractivity (Wildman–Crippen MR) is 141 cm³/mol. The average Bonchev–Trinajstić information content (AvgIpc) is 3.69. The van der Waals surface area contributed by atoms with Crippen molar-refractivity contribution < 1.29 is 52.6 Å². The van der Waals surface area contributed by atoms with Crippen LogP contribution in [0.15, 0.2) is 30.3 Å². The number of piperazine rings is 1. The number of fused-ring (bicyclic) bond motifs is 1. The number of carbonyl (C=O) groups is 5. The number of nitrogens with one attached hydrogen (secondary N) is 2. The third-order valence-corrected chi connectivity index (χ3v) is 7.56. The number of urea groups is 1. The third-order valence-electron chi connectivity index (χ3n) is 7.56. The number of phenols is 1. The van der Waals surface area contributed by atoms with Crippen molar-refractivity contribution >= 4 is 36.8 Å². The Morgan fingerprint density at radius 1 is 1.12 bits per heavy atom. The van der Waals surface area contributed by atoms with Crippen LogP contribution < -0.4 is 21.0 Å². The maximum Gasteiger partial charge on any atom is 0.547 e. The van der Waals surface area contributed by atoms with E-state index in [2.05, 4.69) is 10.6 Å². The van der Waals surface area contributed by atoms with Crippen molar-refractivity contribution in [1.82, 2.24) is 20.4 Å². The smallest absolute Gasteiger partial charge is 0.534 e. The van der Waals surface area contributed by atoms with Crippen molar-refractivity contribution in [2.75, 3.05) is 19.6 Å². The van der Waals surface area contributed by atoms with Crippen molar-refractivity contribution in [2.24, 2.45) is 5.73 Å². The molecule has 7 N–H and O–H groups in total. The molecule has 1 aliphatic carbocycles. The molecule has 2 atom stereocenters. The topological polar surface area (TPSA) is 212 Å². The molecule has 5 rings (SSSR count). The number of phenolic OH excluding ortho intramolecular Hbond substituents is 1. The summed E-state index contributed by atoms with van der Waals surface area (Å²) in [5.74, 6) is -10.5. The first kappa shape index (κ1) is 29.7. The summed E-state index contributed by atoms with van der Waals surface area (Å²) in [6, 6.07) is 2.47. The molecular weight excluding hydrogens is 575 g/mol. The Kier molecular flexibility index (Phi) is 7.70. The van der Waals surface area contributed by atoms with E-state index in [1.165, 1.54) is 23.1 Å². The number of halogens is 2. The van der Waals surface area contributed by atoms with Gasteiger partial charge in [0.1, 0.15) is 11.8 Å². The molecule has 2 fully saturated rings. The van der Waals surface area contributed by atoms with E-state index < -0.39 is 77.3 Å². The zero-order chi connectivity index (χ0) is 31.2. The number of imide groups is 1. The molecule has 0 aromatic heterocycles. The minimum atomic E-state index is -2.03. The molecule has 5 amide bonds. The van der Waals surface area contributed by atoms with Crippen LogP contribution in [-0.4, -0.2) is 93.0 Å². The van der Waals surface area contributed by atoms with E-state index in [4.69, 9.17) is 10.4 Å². The number of carbonyl (C=O) groups excluding carboxylic acids is 4.